The third-order valence-corrected chi connectivity index (χ3v) is 5.66. The molecule has 0 atom stereocenters. The van der Waals surface area contributed by atoms with E-state index in [2.05, 4.69) is 15.3 Å². The lowest BCUT2D eigenvalue weighted by atomic mass is 10.2. The molecule has 1 aromatic carbocycles. The van der Waals surface area contributed by atoms with Gasteiger partial charge in [0.05, 0.1) is 0 Å². The summed E-state index contributed by atoms with van der Waals surface area (Å²) in [7, 11) is 0. The number of amides is 2. The Morgan fingerprint density at radius 3 is 2.66 bits per heavy atom. The van der Waals surface area contributed by atoms with Crippen molar-refractivity contribution >= 4 is 28.7 Å². The van der Waals surface area contributed by atoms with Gasteiger partial charge in [0.25, 0.3) is 5.56 Å². The van der Waals surface area contributed by atoms with Crippen LogP contribution in [-0.4, -0.2) is 64.9 Å². The van der Waals surface area contributed by atoms with E-state index < -0.39 is 0 Å². The van der Waals surface area contributed by atoms with Gasteiger partial charge in [0.2, 0.25) is 0 Å². The van der Waals surface area contributed by atoms with Crippen molar-refractivity contribution < 1.29 is 14.3 Å². The SMILES string of the molecule is CCn1c(=O)c(N2CCN(C(=O)Nc3ccc4c(c3)OCCO4)CC2)nc2cccnc21. The lowest BCUT2D eigenvalue weighted by molar-refractivity contribution is 0.171. The van der Waals surface area contributed by atoms with Crippen molar-refractivity contribution in [2.24, 2.45) is 0 Å². The number of piperazine rings is 1. The minimum atomic E-state index is -0.192. The van der Waals surface area contributed by atoms with Gasteiger partial charge in [0, 0.05) is 50.7 Å². The molecule has 4 heterocycles. The minimum Gasteiger partial charge on any atom is -0.486 e. The molecule has 166 valence electrons. The molecule has 1 saturated heterocycles. The maximum Gasteiger partial charge on any atom is 0.321 e. The van der Waals surface area contributed by atoms with Gasteiger partial charge in [-0.1, -0.05) is 0 Å². The minimum absolute atomic E-state index is 0.159. The van der Waals surface area contributed by atoms with Crippen LogP contribution in [-0.2, 0) is 6.54 Å². The Morgan fingerprint density at radius 1 is 1.09 bits per heavy atom. The molecule has 32 heavy (non-hydrogen) atoms. The molecule has 10 heteroatoms. The summed E-state index contributed by atoms with van der Waals surface area (Å²) in [6.07, 6.45) is 1.66. The highest BCUT2D eigenvalue weighted by Gasteiger charge is 2.25. The van der Waals surface area contributed by atoms with E-state index in [0.717, 1.165) is 0 Å². The topological polar surface area (TPSA) is 102 Å². The molecule has 2 amide bonds. The fourth-order valence-electron chi connectivity index (χ4n) is 4.01. The first-order valence-electron chi connectivity index (χ1n) is 10.7. The third kappa shape index (κ3) is 3.68. The summed E-state index contributed by atoms with van der Waals surface area (Å²) in [6, 6.07) is 8.83. The molecule has 10 nitrogen and oxygen atoms in total. The number of aromatic nitrogens is 3. The zero-order valence-corrected chi connectivity index (χ0v) is 17.8. The molecule has 1 fully saturated rings. The molecule has 1 N–H and O–H groups in total. The summed E-state index contributed by atoms with van der Waals surface area (Å²) in [5, 5.41) is 2.91. The van der Waals surface area contributed by atoms with Crippen LogP contribution >= 0.6 is 0 Å². The van der Waals surface area contributed by atoms with Crippen LogP contribution in [0, 0.1) is 0 Å². The Morgan fingerprint density at radius 2 is 1.88 bits per heavy atom. The molecule has 5 rings (SSSR count). The average molecular weight is 436 g/mol. The molecule has 3 aromatic rings. The van der Waals surface area contributed by atoms with Gasteiger partial charge < -0.3 is 24.6 Å². The number of hydrogen-bond donors (Lipinski definition) is 1. The van der Waals surface area contributed by atoms with Gasteiger partial charge >= 0.3 is 6.03 Å². The van der Waals surface area contributed by atoms with Crippen molar-refractivity contribution in [3.8, 4) is 11.5 Å². The van der Waals surface area contributed by atoms with E-state index in [0.29, 0.717) is 80.1 Å². The van der Waals surface area contributed by atoms with E-state index in [1.165, 1.54) is 0 Å². The maximum atomic E-state index is 13.0. The number of anilines is 2. The molecule has 0 aliphatic carbocycles. The fraction of sp³-hybridized carbons (Fsp3) is 0.364. The molecule has 2 aliphatic rings. The van der Waals surface area contributed by atoms with Gasteiger partial charge in [-0.3, -0.25) is 9.36 Å². The Labute approximate surface area is 184 Å². The van der Waals surface area contributed by atoms with Crippen molar-refractivity contribution in [3.63, 3.8) is 0 Å². The van der Waals surface area contributed by atoms with E-state index >= 15 is 0 Å². The number of aryl methyl sites for hydroxylation is 1. The zero-order chi connectivity index (χ0) is 22.1. The van der Waals surface area contributed by atoms with Crippen LogP contribution in [0.3, 0.4) is 0 Å². The van der Waals surface area contributed by atoms with E-state index in [1.807, 2.05) is 24.0 Å². The van der Waals surface area contributed by atoms with Crippen LogP contribution < -0.4 is 25.2 Å². The number of nitrogens with one attached hydrogen (secondary N) is 1. The summed E-state index contributed by atoms with van der Waals surface area (Å²) < 4.78 is 12.7. The molecule has 0 unspecified atom stereocenters. The molecular formula is C22H24N6O4. The van der Waals surface area contributed by atoms with Crippen LogP contribution in [0.4, 0.5) is 16.3 Å². The van der Waals surface area contributed by atoms with Gasteiger partial charge in [-0.05, 0) is 31.2 Å². The van der Waals surface area contributed by atoms with Crippen LogP contribution in [0.2, 0.25) is 0 Å². The van der Waals surface area contributed by atoms with E-state index in [-0.39, 0.29) is 11.6 Å². The second-order valence-corrected chi connectivity index (χ2v) is 7.59. The average Bonchev–Trinajstić information content (AvgIpc) is 2.84. The van der Waals surface area contributed by atoms with E-state index in [1.54, 1.807) is 33.9 Å². The van der Waals surface area contributed by atoms with Crippen LogP contribution in [0.1, 0.15) is 6.92 Å². The molecular weight excluding hydrogens is 412 g/mol. The Hall–Kier alpha value is -3.82. The molecule has 0 radical (unpaired) electrons. The van der Waals surface area contributed by atoms with Crippen LogP contribution in [0.15, 0.2) is 41.3 Å². The summed E-state index contributed by atoms with van der Waals surface area (Å²) in [5.74, 6) is 1.71. The summed E-state index contributed by atoms with van der Waals surface area (Å²) in [4.78, 5) is 38.3. The number of carbonyl (C=O) groups is 1. The Bertz CT molecular complexity index is 1220. The molecule has 2 aromatic heterocycles. The summed E-state index contributed by atoms with van der Waals surface area (Å²) >= 11 is 0. The van der Waals surface area contributed by atoms with Gasteiger partial charge in [0.15, 0.2) is 23.0 Å². The van der Waals surface area contributed by atoms with Crippen molar-refractivity contribution in [2.75, 3.05) is 49.6 Å². The van der Waals surface area contributed by atoms with Gasteiger partial charge in [-0.15, -0.1) is 0 Å². The predicted molar refractivity (Wildman–Crippen MR) is 120 cm³/mol. The van der Waals surface area contributed by atoms with Crippen molar-refractivity contribution in [1.82, 2.24) is 19.4 Å². The van der Waals surface area contributed by atoms with Crippen molar-refractivity contribution in [1.29, 1.82) is 0 Å². The monoisotopic (exact) mass is 436 g/mol. The Kier molecular flexibility index (Phi) is 5.26. The molecule has 0 bridgehead atoms. The predicted octanol–water partition coefficient (Wildman–Crippen LogP) is 1.94. The first-order valence-corrected chi connectivity index (χ1v) is 10.7. The number of pyridine rings is 1. The quantitative estimate of drug-likeness (QED) is 0.669. The second kappa shape index (κ2) is 8.37. The number of fused-ring (bicyclic) bond motifs is 2. The number of carbonyl (C=O) groups excluding carboxylic acids is 1. The lowest BCUT2D eigenvalue weighted by Gasteiger charge is -2.35. The van der Waals surface area contributed by atoms with Gasteiger partial charge in [0.1, 0.15) is 18.7 Å². The van der Waals surface area contributed by atoms with Crippen LogP contribution in [0.25, 0.3) is 11.2 Å². The summed E-state index contributed by atoms with van der Waals surface area (Å²) in [6.45, 7) is 5.45. The molecule has 2 aliphatic heterocycles. The van der Waals surface area contributed by atoms with Crippen LogP contribution in [0.5, 0.6) is 11.5 Å². The lowest BCUT2D eigenvalue weighted by Crippen LogP contribution is -2.51. The first-order chi connectivity index (χ1) is 15.6. The maximum absolute atomic E-state index is 13.0. The smallest absolute Gasteiger partial charge is 0.321 e. The van der Waals surface area contributed by atoms with Crippen molar-refractivity contribution in [3.05, 3.63) is 46.9 Å². The van der Waals surface area contributed by atoms with E-state index in [9.17, 15) is 9.59 Å². The zero-order valence-electron chi connectivity index (χ0n) is 17.8. The third-order valence-electron chi connectivity index (χ3n) is 5.66. The number of ether oxygens (including phenoxy) is 2. The highest BCUT2D eigenvalue weighted by atomic mass is 16.6. The first kappa shape index (κ1) is 20.1. The van der Waals surface area contributed by atoms with E-state index in [4.69, 9.17) is 9.47 Å². The number of rotatable bonds is 3. The highest BCUT2D eigenvalue weighted by Crippen LogP contribution is 2.32. The van der Waals surface area contributed by atoms with Crippen molar-refractivity contribution in [2.45, 2.75) is 13.5 Å². The fourth-order valence-corrected chi connectivity index (χ4v) is 4.01. The molecule has 0 saturated carbocycles. The number of urea groups is 1. The number of benzene rings is 1. The normalized spacial score (nSPS) is 15.7. The van der Waals surface area contributed by atoms with Gasteiger partial charge in [-0.25, -0.2) is 14.8 Å². The molecule has 0 spiro atoms. The summed E-state index contributed by atoms with van der Waals surface area (Å²) in [5.41, 5.74) is 1.76. The highest BCUT2D eigenvalue weighted by molar-refractivity contribution is 5.90. The standard InChI is InChI=1S/C22H24N6O4/c1-2-28-19-16(4-3-7-23-19)25-20(21(28)29)26-8-10-27(11-9-26)22(30)24-15-5-6-17-18(14-15)32-13-12-31-17/h3-7,14H,2,8-13H2,1H3,(H,24,30). The largest absolute Gasteiger partial charge is 0.486 e. The second-order valence-electron chi connectivity index (χ2n) is 7.59. The van der Waals surface area contributed by atoms with Gasteiger partial charge in [-0.2, -0.15) is 0 Å². The number of nitrogens with zero attached hydrogens (tertiary/aromatic N) is 5. The Balaban J connectivity index is 1.28. The number of hydrogen-bond acceptors (Lipinski definition) is 7.